The zero-order chi connectivity index (χ0) is 14.5. The van der Waals surface area contributed by atoms with E-state index in [1.807, 2.05) is 0 Å². The van der Waals surface area contributed by atoms with Crippen molar-refractivity contribution in [2.75, 3.05) is 18.1 Å². The van der Waals surface area contributed by atoms with E-state index in [0.717, 1.165) is 0 Å². The number of nitrogens with two attached hydrogens (primary N) is 1. The number of hydrogen-bond donors (Lipinski definition) is 2. The van der Waals surface area contributed by atoms with Crippen molar-refractivity contribution in [1.29, 1.82) is 0 Å². The Kier molecular flexibility index (Phi) is 5.44. The van der Waals surface area contributed by atoms with Crippen molar-refractivity contribution in [2.45, 2.75) is 6.92 Å². The highest BCUT2D eigenvalue weighted by Gasteiger charge is 2.14. The minimum atomic E-state index is -3.11. The molecule has 0 saturated carbocycles. The maximum absolute atomic E-state index is 11.3. The first-order valence-electron chi connectivity index (χ1n) is 5.51. The standard InChI is InChI=1S/C11H15ClN2O4S/c1-2-19(16,17)7-6-18-9-5-3-4-8(12)10(9)11(13)14-15/h3-5,15H,2,6-7H2,1H3,(H2,13,14). The van der Waals surface area contributed by atoms with Crippen LogP contribution in [0.15, 0.2) is 23.4 Å². The van der Waals surface area contributed by atoms with E-state index < -0.39 is 9.84 Å². The normalized spacial score (nSPS) is 12.4. The molecule has 0 saturated heterocycles. The minimum absolute atomic E-state index is 0.0256. The van der Waals surface area contributed by atoms with Crippen LogP contribution in [0, 0.1) is 0 Å². The van der Waals surface area contributed by atoms with Crippen LogP contribution in [-0.4, -0.2) is 37.6 Å². The first-order chi connectivity index (χ1) is 8.91. The molecule has 6 nitrogen and oxygen atoms in total. The number of rotatable bonds is 6. The van der Waals surface area contributed by atoms with Gasteiger partial charge in [-0.15, -0.1) is 0 Å². The van der Waals surface area contributed by atoms with Crippen LogP contribution in [-0.2, 0) is 9.84 Å². The highest BCUT2D eigenvalue weighted by Crippen LogP contribution is 2.26. The molecule has 0 aromatic heterocycles. The maximum Gasteiger partial charge on any atom is 0.175 e. The van der Waals surface area contributed by atoms with Crippen molar-refractivity contribution >= 4 is 27.3 Å². The number of oxime groups is 1. The van der Waals surface area contributed by atoms with Gasteiger partial charge in [0.15, 0.2) is 15.7 Å². The van der Waals surface area contributed by atoms with E-state index in [9.17, 15) is 8.42 Å². The summed E-state index contributed by atoms with van der Waals surface area (Å²) < 4.78 is 28.0. The van der Waals surface area contributed by atoms with Gasteiger partial charge < -0.3 is 15.7 Å². The summed E-state index contributed by atoms with van der Waals surface area (Å²) in [5.41, 5.74) is 5.73. The third-order valence-electron chi connectivity index (χ3n) is 2.43. The fourth-order valence-electron chi connectivity index (χ4n) is 1.35. The predicted molar refractivity (Wildman–Crippen MR) is 73.8 cm³/mol. The zero-order valence-corrected chi connectivity index (χ0v) is 11.9. The first kappa shape index (κ1) is 15.6. The Morgan fingerprint density at radius 3 is 2.79 bits per heavy atom. The Morgan fingerprint density at radius 1 is 1.53 bits per heavy atom. The summed E-state index contributed by atoms with van der Waals surface area (Å²) >= 11 is 5.93. The summed E-state index contributed by atoms with van der Waals surface area (Å²) in [6.45, 7) is 1.54. The van der Waals surface area contributed by atoms with E-state index in [4.69, 9.17) is 27.3 Å². The summed E-state index contributed by atoms with van der Waals surface area (Å²) in [6, 6.07) is 4.75. The largest absolute Gasteiger partial charge is 0.492 e. The predicted octanol–water partition coefficient (Wildman–Crippen LogP) is 1.25. The van der Waals surface area contributed by atoms with Gasteiger partial charge in [0.05, 0.1) is 16.3 Å². The molecule has 19 heavy (non-hydrogen) atoms. The molecule has 0 spiro atoms. The number of ether oxygens (including phenoxy) is 1. The lowest BCUT2D eigenvalue weighted by Crippen LogP contribution is -2.19. The Labute approximate surface area is 116 Å². The fourth-order valence-corrected chi connectivity index (χ4v) is 2.23. The van der Waals surface area contributed by atoms with Gasteiger partial charge >= 0.3 is 0 Å². The molecule has 1 aromatic carbocycles. The third-order valence-corrected chi connectivity index (χ3v) is 4.41. The average molecular weight is 307 g/mol. The summed E-state index contributed by atoms with van der Waals surface area (Å²) in [5.74, 6) is 0.0259. The van der Waals surface area contributed by atoms with Crippen molar-refractivity contribution in [3.8, 4) is 5.75 Å². The molecule has 0 aliphatic rings. The van der Waals surface area contributed by atoms with Crippen LogP contribution in [0.4, 0.5) is 0 Å². The number of nitrogens with zero attached hydrogens (tertiary/aromatic N) is 1. The van der Waals surface area contributed by atoms with Crippen LogP contribution in [0.25, 0.3) is 0 Å². The first-order valence-corrected chi connectivity index (χ1v) is 7.71. The highest BCUT2D eigenvalue weighted by molar-refractivity contribution is 7.91. The SMILES string of the molecule is CCS(=O)(=O)CCOc1cccc(Cl)c1/C(N)=N/O. The molecule has 1 rings (SSSR count). The summed E-state index contributed by atoms with van der Waals surface area (Å²) in [4.78, 5) is 0. The number of halogens is 1. The average Bonchev–Trinajstić information content (AvgIpc) is 2.38. The van der Waals surface area contributed by atoms with Crippen LogP contribution in [0.1, 0.15) is 12.5 Å². The van der Waals surface area contributed by atoms with E-state index in [0.29, 0.717) is 0 Å². The van der Waals surface area contributed by atoms with Gasteiger partial charge in [-0.25, -0.2) is 8.42 Å². The van der Waals surface area contributed by atoms with Crippen LogP contribution in [0.2, 0.25) is 5.02 Å². The summed E-state index contributed by atoms with van der Waals surface area (Å²) in [5, 5.41) is 11.8. The summed E-state index contributed by atoms with van der Waals surface area (Å²) in [7, 11) is -3.11. The van der Waals surface area contributed by atoms with Crippen LogP contribution < -0.4 is 10.5 Å². The number of sulfone groups is 1. The molecule has 0 fully saturated rings. The molecule has 106 valence electrons. The molecular weight excluding hydrogens is 292 g/mol. The topological polar surface area (TPSA) is 102 Å². The molecule has 0 radical (unpaired) electrons. The van der Waals surface area contributed by atoms with E-state index in [1.165, 1.54) is 0 Å². The highest BCUT2D eigenvalue weighted by atomic mass is 35.5. The van der Waals surface area contributed by atoms with Gasteiger partial charge in [-0.05, 0) is 12.1 Å². The van der Waals surface area contributed by atoms with Crippen LogP contribution >= 0.6 is 11.6 Å². The monoisotopic (exact) mass is 306 g/mol. The van der Waals surface area contributed by atoms with Gasteiger partial charge in [-0.2, -0.15) is 0 Å². The van der Waals surface area contributed by atoms with Gasteiger partial charge in [0, 0.05) is 5.75 Å². The Hall–Kier alpha value is -1.47. The molecule has 0 bridgehead atoms. The molecule has 8 heteroatoms. The lowest BCUT2D eigenvalue weighted by Gasteiger charge is -2.11. The molecule has 0 aliphatic heterocycles. The van der Waals surface area contributed by atoms with Crippen molar-refractivity contribution in [2.24, 2.45) is 10.9 Å². The molecule has 1 aromatic rings. The van der Waals surface area contributed by atoms with Gasteiger partial charge in [0.25, 0.3) is 0 Å². The van der Waals surface area contributed by atoms with Crippen LogP contribution in [0.5, 0.6) is 5.75 Å². The molecule has 0 heterocycles. The van der Waals surface area contributed by atoms with E-state index >= 15 is 0 Å². The van der Waals surface area contributed by atoms with Gasteiger partial charge in [-0.3, -0.25) is 0 Å². The Morgan fingerprint density at radius 2 is 2.21 bits per heavy atom. The number of benzene rings is 1. The molecular formula is C11H15ClN2O4S. The molecule has 0 atom stereocenters. The van der Waals surface area contributed by atoms with E-state index in [1.54, 1.807) is 25.1 Å². The van der Waals surface area contributed by atoms with Gasteiger partial charge in [0.1, 0.15) is 12.4 Å². The Bertz CT molecular complexity index is 572. The molecule has 0 amide bonds. The van der Waals surface area contributed by atoms with Crippen molar-refractivity contribution in [3.63, 3.8) is 0 Å². The van der Waals surface area contributed by atoms with Crippen LogP contribution in [0.3, 0.4) is 0 Å². The van der Waals surface area contributed by atoms with E-state index in [2.05, 4.69) is 5.16 Å². The fraction of sp³-hybridized carbons (Fsp3) is 0.364. The molecule has 0 unspecified atom stereocenters. The second kappa shape index (κ2) is 6.63. The molecule has 3 N–H and O–H groups in total. The second-order valence-corrected chi connectivity index (χ2v) is 6.56. The van der Waals surface area contributed by atoms with Crippen molar-refractivity contribution < 1.29 is 18.4 Å². The third kappa shape index (κ3) is 4.29. The minimum Gasteiger partial charge on any atom is -0.492 e. The second-order valence-electron chi connectivity index (χ2n) is 3.68. The quantitative estimate of drug-likeness (QED) is 0.356. The lowest BCUT2D eigenvalue weighted by atomic mass is 10.2. The Balaban J connectivity index is 2.88. The van der Waals surface area contributed by atoms with Crippen molar-refractivity contribution in [1.82, 2.24) is 0 Å². The smallest absolute Gasteiger partial charge is 0.175 e. The maximum atomic E-state index is 11.3. The number of hydrogen-bond acceptors (Lipinski definition) is 5. The van der Waals surface area contributed by atoms with Crippen molar-refractivity contribution in [3.05, 3.63) is 28.8 Å². The van der Waals surface area contributed by atoms with E-state index in [-0.39, 0.29) is 40.3 Å². The molecule has 0 aliphatic carbocycles. The van der Waals surface area contributed by atoms with Gasteiger partial charge in [0.2, 0.25) is 0 Å². The zero-order valence-electron chi connectivity index (χ0n) is 10.3. The van der Waals surface area contributed by atoms with Gasteiger partial charge in [-0.1, -0.05) is 29.7 Å². The number of amidine groups is 1. The summed E-state index contributed by atoms with van der Waals surface area (Å²) in [6.07, 6.45) is 0. The lowest BCUT2D eigenvalue weighted by molar-refractivity contribution is 0.317.